The van der Waals surface area contributed by atoms with E-state index in [1.54, 1.807) is 0 Å². The molecule has 90 valence electrons. The van der Waals surface area contributed by atoms with Crippen LogP contribution in [-0.4, -0.2) is 49.0 Å². The molecular weight excluding hydrogens is 214 g/mol. The number of amides is 2. The van der Waals surface area contributed by atoms with Crippen molar-refractivity contribution in [3.05, 3.63) is 0 Å². The van der Waals surface area contributed by atoms with E-state index in [-0.39, 0.29) is 37.1 Å². The zero-order chi connectivity index (χ0) is 12.0. The normalized spacial score (nSPS) is 17.4. The Labute approximate surface area is 92.8 Å². The van der Waals surface area contributed by atoms with E-state index in [9.17, 15) is 14.7 Å². The zero-order valence-electron chi connectivity index (χ0n) is 9.02. The maximum atomic E-state index is 11.5. The molecule has 1 aliphatic heterocycles. The first-order valence-corrected chi connectivity index (χ1v) is 4.94. The van der Waals surface area contributed by atoms with Crippen molar-refractivity contribution in [2.45, 2.75) is 18.9 Å². The van der Waals surface area contributed by atoms with Crippen molar-refractivity contribution in [1.29, 1.82) is 0 Å². The van der Waals surface area contributed by atoms with Crippen molar-refractivity contribution in [3.8, 4) is 0 Å². The van der Waals surface area contributed by atoms with Crippen LogP contribution in [0.25, 0.3) is 0 Å². The van der Waals surface area contributed by atoms with Crippen molar-refractivity contribution in [2.24, 2.45) is 5.10 Å². The lowest BCUT2D eigenvalue weighted by Gasteiger charge is -2.14. The minimum atomic E-state index is -0.743. The van der Waals surface area contributed by atoms with Crippen molar-refractivity contribution in [2.75, 3.05) is 20.3 Å². The van der Waals surface area contributed by atoms with E-state index in [0.717, 1.165) is 0 Å². The monoisotopic (exact) mass is 229 g/mol. The van der Waals surface area contributed by atoms with Crippen LogP contribution in [0.2, 0.25) is 0 Å². The number of carbonyl (C=O) groups is 2. The van der Waals surface area contributed by atoms with Crippen LogP contribution in [0.15, 0.2) is 5.10 Å². The standard InChI is InChI=1S/C9H15N3O4/c1-16-5-6(13)4-10-9(15)7-2-3-8(14)12-11-7/h6,13H,2-5H2,1H3,(H,10,15)(H,12,14). The molecule has 0 fully saturated rings. The summed E-state index contributed by atoms with van der Waals surface area (Å²) >= 11 is 0. The van der Waals surface area contributed by atoms with E-state index < -0.39 is 6.10 Å². The first kappa shape index (κ1) is 12.6. The van der Waals surface area contributed by atoms with Gasteiger partial charge in [0.1, 0.15) is 5.71 Å². The van der Waals surface area contributed by atoms with Gasteiger partial charge in [0.2, 0.25) is 5.91 Å². The topological polar surface area (TPSA) is 100 Å². The van der Waals surface area contributed by atoms with Gasteiger partial charge in [0.25, 0.3) is 5.91 Å². The number of ether oxygens (including phenoxy) is 1. The average Bonchev–Trinajstić information content (AvgIpc) is 2.27. The van der Waals surface area contributed by atoms with Gasteiger partial charge < -0.3 is 15.2 Å². The number of nitrogens with one attached hydrogen (secondary N) is 2. The van der Waals surface area contributed by atoms with Gasteiger partial charge in [-0.05, 0) is 0 Å². The molecule has 0 spiro atoms. The lowest BCUT2D eigenvalue weighted by molar-refractivity contribution is -0.121. The van der Waals surface area contributed by atoms with Crippen molar-refractivity contribution >= 4 is 17.5 Å². The Bertz CT molecular complexity index is 303. The summed E-state index contributed by atoms with van der Waals surface area (Å²) in [6.07, 6.45) is -0.169. The maximum Gasteiger partial charge on any atom is 0.267 e. The van der Waals surface area contributed by atoms with Crippen molar-refractivity contribution in [1.82, 2.24) is 10.7 Å². The van der Waals surface area contributed by atoms with Gasteiger partial charge in [0.15, 0.2) is 0 Å². The molecule has 0 aromatic carbocycles. The molecule has 0 bridgehead atoms. The van der Waals surface area contributed by atoms with E-state index in [2.05, 4.69) is 15.8 Å². The number of methoxy groups -OCH3 is 1. The lowest BCUT2D eigenvalue weighted by Crippen LogP contribution is -2.41. The molecule has 2 amide bonds. The number of hydrazone groups is 1. The molecular formula is C9H15N3O4. The summed E-state index contributed by atoms with van der Waals surface area (Å²) in [5.41, 5.74) is 2.49. The third-order valence-electron chi connectivity index (χ3n) is 2.02. The quantitative estimate of drug-likeness (QED) is 0.527. The molecule has 0 aromatic heterocycles. The fraction of sp³-hybridized carbons (Fsp3) is 0.667. The molecule has 1 aliphatic rings. The Kier molecular flexibility index (Phi) is 4.87. The molecule has 7 heteroatoms. The van der Waals surface area contributed by atoms with Crippen LogP contribution in [0, 0.1) is 0 Å². The number of rotatable bonds is 5. The molecule has 3 N–H and O–H groups in total. The Hall–Kier alpha value is -1.47. The van der Waals surface area contributed by atoms with Gasteiger partial charge in [-0.15, -0.1) is 0 Å². The van der Waals surface area contributed by atoms with Gasteiger partial charge in [-0.2, -0.15) is 5.10 Å². The largest absolute Gasteiger partial charge is 0.389 e. The third kappa shape index (κ3) is 3.95. The van der Waals surface area contributed by atoms with Gasteiger partial charge in [-0.25, -0.2) is 5.43 Å². The van der Waals surface area contributed by atoms with Crippen LogP contribution in [0.5, 0.6) is 0 Å². The highest BCUT2D eigenvalue weighted by atomic mass is 16.5. The van der Waals surface area contributed by atoms with Crippen LogP contribution in [-0.2, 0) is 14.3 Å². The Morgan fingerprint density at radius 1 is 1.69 bits per heavy atom. The summed E-state index contributed by atoms with van der Waals surface area (Å²) in [4.78, 5) is 22.2. The Morgan fingerprint density at radius 2 is 2.44 bits per heavy atom. The highest BCUT2D eigenvalue weighted by molar-refractivity contribution is 6.39. The summed E-state index contributed by atoms with van der Waals surface area (Å²) < 4.78 is 4.71. The number of aliphatic hydroxyl groups excluding tert-OH is 1. The summed E-state index contributed by atoms with van der Waals surface area (Å²) in [7, 11) is 1.46. The van der Waals surface area contributed by atoms with E-state index >= 15 is 0 Å². The number of hydrogen-bond acceptors (Lipinski definition) is 5. The van der Waals surface area contributed by atoms with E-state index in [1.165, 1.54) is 7.11 Å². The average molecular weight is 229 g/mol. The first-order chi connectivity index (χ1) is 7.63. The second-order valence-electron chi connectivity index (χ2n) is 3.41. The predicted molar refractivity (Wildman–Crippen MR) is 55.7 cm³/mol. The van der Waals surface area contributed by atoms with Gasteiger partial charge in [0.05, 0.1) is 12.7 Å². The highest BCUT2D eigenvalue weighted by Crippen LogP contribution is 1.99. The second-order valence-corrected chi connectivity index (χ2v) is 3.41. The number of nitrogens with zero attached hydrogens (tertiary/aromatic N) is 1. The smallest absolute Gasteiger partial charge is 0.267 e. The predicted octanol–water partition coefficient (Wildman–Crippen LogP) is -1.62. The summed E-state index contributed by atoms with van der Waals surface area (Å²) in [5.74, 6) is -0.578. The van der Waals surface area contributed by atoms with Crippen LogP contribution in [0.4, 0.5) is 0 Å². The molecule has 7 nitrogen and oxygen atoms in total. The Morgan fingerprint density at radius 3 is 3.00 bits per heavy atom. The highest BCUT2D eigenvalue weighted by Gasteiger charge is 2.18. The molecule has 1 unspecified atom stereocenters. The van der Waals surface area contributed by atoms with Crippen LogP contribution >= 0.6 is 0 Å². The maximum absolute atomic E-state index is 11.5. The van der Waals surface area contributed by atoms with Gasteiger partial charge in [-0.1, -0.05) is 0 Å². The van der Waals surface area contributed by atoms with Crippen LogP contribution < -0.4 is 10.7 Å². The lowest BCUT2D eigenvalue weighted by atomic mass is 10.1. The Balaban J connectivity index is 2.32. The van der Waals surface area contributed by atoms with Crippen LogP contribution in [0.1, 0.15) is 12.8 Å². The van der Waals surface area contributed by atoms with E-state index in [1.807, 2.05) is 0 Å². The molecule has 0 aliphatic carbocycles. The number of hydrogen-bond donors (Lipinski definition) is 3. The second kappa shape index (κ2) is 6.19. The van der Waals surface area contributed by atoms with Gasteiger partial charge >= 0.3 is 0 Å². The van der Waals surface area contributed by atoms with Crippen molar-refractivity contribution in [3.63, 3.8) is 0 Å². The third-order valence-corrected chi connectivity index (χ3v) is 2.02. The minimum Gasteiger partial charge on any atom is -0.389 e. The molecule has 1 heterocycles. The van der Waals surface area contributed by atoms with Crippen molar-refractivity contribution < 1.29 is 19.4 Å². The van der Waals surface area contributed by atoms with Gasteiger partial charge in [-0.3, -0.25) is 9.59 Å². The molecule has 1 rings (SSSR count). The minimum absolute atomic E-state index is 0.0969. The fourth-order valence-corrected chi connectivity index (χ4v) is 1.20. The molecule has 0 radical (unpaired) electrons. The number of aliphatic hydroxyl groups is 1. The SMILES string of the molecule is COCC(O)CNC(=O)C1=NNC(=O)CC1. The number of carbonyl (C=O) groups excluding carboxylic acids is 2. The molecule has 1 atom stereocenters. The van der Waals surface area contributed by atoms with E-state index in [0.29, 0.717) is 6.42 Å². The summed E-state index contributed by atoms with van der Waals surface area (Å²) in [6.45, 7) is 0.253. The molecule has 0 saturated carbocycles. The molecule has 0 saturated heterocycles. The molecule has 0 aromatic rings. The van der Waals surface area contributed by atoms with E-state index in [4.69, 9.17) is 4.74 Å². The summed E-state index contributed by atoms with van der Waals surface area (Å²) in [6, 6.07) is 0. The molecule has 16 heavy (non-hydrogen) atoms. The van der Waals surface area contributed by atoms with Gasteiger partial charge in [0, 0.05) is 26.5 Å². The first-order valence-electron chi connectivity index (χ1n) is 4.94. The summed E-state index contributed by atoms with van der Waals surface area (Å²) in [5, 5.41) is 15.4. The zero-order valence-corrected chi connectivity index (χ0v) is 9.02. The fourth-order valence-electron chi connectivity index (χ4n) is 1.20. The van der Waals surface area contributed by atoms with Crippen LogP contribution in [0.3, 0.4) is 0 Å².